The lowest BCUT2D eigenvalue weighted by atomic mass is 9.90. The zero-order valence-electron chi connectivity index (χ0n) is 36.5. The number of sulfonamides is 1. The fourth-order valence-corrected chi connectivity index (χ4v) is 10.8. The summed E-state index contributed by atoms with van der Waals surface area (Å²) in [6.45, 7) is 5.89. The maximum absolute atomic E-state index is 15.0. The molecule has 62 heavy (non-hydrogen) atoms. The largest absolute Gasteiger partial charge is 0.459 e. The Bertz CT molecular complexity index is 2510. The lowest BCUT2D eigenvalue weighted by molar-refractivity contribution is -0.142. The van der Waals surface area contributed by atoms with Crippen molar-refractivity contribution in [2.75, 3.05) is 20.6 Å². The molecule has 1 saturated heterocycles. The summed E-state index contributed by atoms with van der Waals surface area (Å²) in [6, 6.07) is 22.8. The van der Waals surface area contributed by atoms with Crippen molar-refractivity contribution >= 4 is 44.6 Å². The van der Waals surface area contributed by atoms with E-state index in [-0.39, 0.29) is 54.9 Å². The van der Waals surface area contributed by atoms with Crippen LogP contribution in [0, 0.1) is 17.3 Å². The number of ether oxygens (including phenoxy) is 1. The lowest BCUT2D eigenvalue weighted by Crippen LogP contribution is -2.47. The molecule has 3 fully saturated rings. The number of para-hydroxylation sites is 1. The van der Waals surface area contributed by atoms with Crippen molar-refractivity contribution in [1.82, 2.24) is 24.1 Å². The van der Waals surface area contributed by atoms with Gasteiger partial charge in [0, 0.05) is 50.0 Å². The van der Waals surface area contributed by atoms with Crippen LogP contribution in [0.3, 0.4) is 0 Å². The van der Waals surface area contributed by atoms with Gasteiger partial charge in [0.25, 0.3) is 11.9 Å². The third kappa shape index (κ3) is 8.57. The van der Waals surface area contributed by atoms with E-state index in [1.54, 1.807) is 36.9 Å². The number of amides is 3. The summed E-state index contributed by atoms with van der Waals surface area (Å²) in [7, 11) is -0.489. The van der Waals surface area contributed by atoms with Crippen LogP contribution in [0.1, 0.15) is 107 Å². The van der Waals surface area contributed by atoms with Crippen molar-refractivity contribution in [2.24, 2.45) is 17.3 Å². The minimum Gasteiger partial charge on any atom is -0.459 e. The molecule has 5 atom stereocenters. The van der Waals surface area contributed by atoms with Gasteiger partial charge < -0.3 is 14.5 Å². The second kappa shape index (κ2) is 17.1. The molecular formula is C49H59N5O7S. The standard InChI is InChI=1S/C49H59N5O7S/c1-32(2)54-40-23-15-22-39(34-19-14-20-36(27-34)44(56)52(4)5)43(40)50-47(54)61-38-28-41-42(55)30-49(46(58)51-62(59,60)48(3)24-25-48)29-37(49)21-13-8-6-7-12-18-35(45(57)53(41)31-38)26-33-16-10-9-11-17-33/h9-11,13-17,19-23,27,32,35,37-38,41H,6-8,12,18,24-26,28-31H2,1-5H3,(H,51,58)/b21-13-/t35-,37+,38-,41+,49-/m1/s1. The summed E-state index contributed by atoms with van der Waals surface area (Å²) in [5, 5.41) is 0. The highest BCUT2D eigenvalue weighted by atomic mass is 32.2. The maximum atomic E-state index is 15.0. The first kappa shape index (κ1) is 43.4. The molecule has 3 aromatic carbocycles. The molecule has 2 aliphatic carbocycles. The number of aromatic nitrogens is 2. The number of hydrogen-bond donors (Lipinski definition) is 1. The van der Waals surface area contributed by atoms with E-state index in [1.165, 1.54) is 0 Å². The molecule has 3 heterocycles. The van der Waals surface area contributed by atoms with E-state index in [0.29, 0.717) is 49.2 Å². The van der Waals surface area contributed by atoms with Crippen LogP contribution >= 0.6 is 0 Å². The number of nitrogens with zero attached hydrogens (tertiary/aromatic N) is 4. The molecule has 4 aromatic rings. The van der Waals surface area contributed by atoms with Gasteiger partial charge in [-0.3, -0.25) is 28.5 Å². The highest BCUT2D eigenvalue weighted by Crippen LogP contribution is 2.57. The number of carbonyl (C=O) groups excluding carboxylic acids is 4. The van der Waals surface area contributed by atoms with E-state index in [0.717, 1.165) is 47.9 Å². The van der Waals surface area contributed by atoms with Gasteiger partial charge in [-0.05, 0) is 101 Å². The third-order valence-electron chi connectivity index (χ3n) is 13.6. The molecule has 13 heteroatoms. The first-order chi connectivity index (χ1) is 29.6. The Labute approximate surface area is 365 Å². The van der Waals surface area contributed by atoms with Crippen molar-refractivity contribution in [3.63, 3.8) is 0 Å². The smallest absolute Gasteiger partial charge is 0.297 e. The quantitative estimate of drug-likeness (QED) is 0.160. The van der Waals surface area contributed by atoms with E-state index < -0.39 is 38.2 Å². The summed E-state index contributed by atoms with van der Waals surface area (Å²) in [5.41, 5.74) is 3.59. The summed E-state index contributed by atoms with van der Waals surface area (Å²) >= 11 is 0. The SMILES string of the molecule is CC(C)n1c(O[C@@H]2C[C@H]3C(=O)C[C@]4(C(=O)NS(=O)(=O)C5(C)CC5)C[C@@H]4/C=C\CCCCC[C@H](Cc4ccccc4)C(=O)N3C2)nc2c(-c3cccc(C(=O)N(C)C)c3)cccc21. The van der Waals surface area contributed by atoms with Gasteiger partial charge >= 0.3 is 0 Å². The first-order valence-electron chi connectivity index (χ1n) is 22.2. The normalized spacial score (nSPS) is 25.6. The highest BCUT2D eigenvalue weighted by Gasteiger charge is 2.62. The van der Waals surface area contributed by atoms with Gasteiger partial charge in [0.05, 0.1) is 28.3 Å². The van der Waals surface area contributed by atoms with Gasteiger partial charge in [-0.2, -0.15) is 4.98 Å². The first-order valence-corrected chi connectivity index (χ1v) is 23.7. The van der Waals surface area contributed by atoms with Crippen LogP contribution in [0.15, 0.2) is 84.9 Å². The number of benzene rings is 3. The predicted octanol–water partition coefficient (Wildman–Crippen LogP) is 7.68. The fraction of sp³-hybridized carbons (Fsp3) is 0.490. The molecule has 0 unspecified atom stereocenters. The zero-order valence-corrected chi connectivity index (χ0v) is 37.3. The summed E-state index contributed by atoms with van der Waals surface area (Å²) < 4.78 is 36.9. The molecular weight excluding hydrogens is 803 g/mol. The second-order valence-corrected chi connectivity index (χ2v) is 20.9. The Balaban J connectivity index is 1.13. The number of ketones is 1. The minimum atomic E-state index is -3.94. The predicted molar refractivity (Wildman–Crippen MR) is 239 cm³/mol. The van der Waals surface area contributed by atoms with Crippen LogP contribution in [0.4, 0.5) is 0 Å². The van der Waals surface area contributed by atoms with Gasteiger partial charge in [0.2, 0.25) is 21.8 Å². The van der Waals surface area contributed by atoms with Crippen molar-refractivity contribution < 1.29 is 32.3 Å². The van der Waals surface area contributed by atoms with Crippen LogP contribution in [0.25, 0.3) is 22.2 Å². The number of fused-ring (bicyclic) bond motifs is 3. The van der Waals surface area contributed by atoms with Crippen LogP contribution in [-0.2, 0) is 30.8 Å². The molecule has 8 rings (SSSR count). The minimum absolute atomic E-state index is 0.0651. The average Bonchev–Trinajstić information content (AvgIpc) is 4.07. The lowest BCUT2D eigenvalue weighted by Gasteiger charge is -2.29. The van der Waals surface area contributed by atoms with Crippen LogP contribution in [0.5, 0.6) is 6.01 Å². The van der Waals surface area contributed by atoms with Crippen molar-refractivity contribution in [1.29, 1.82) is 0 Å². The Kier molecular flexibility index (Phi) is 12.0. The summed E-state index contributed by atoms with van der Waals surface area (Å²) in [4.78, 5) is 65.1. The number of allylic oxidation sites excluding steroid dienone is 2. The molecule has 4 aliphatic rings. The number of Topliss-reactive ketones (excluding diaryl/α,β-unsaturated/α-hetero) is 1. The number of nitrogens with one attached hydrogen (secondary N) is 1. The van der Waals surface area contributed by atoms with Crippen molar-refractivity contribution in [3.05, 3.63) is 96.1 Å². The topological polar surface area (TPSA) is 148 Å². The van der Waals surface area contributed by atoms with Gasteiger partial charge in [-0.15, -0.1) is 0 Å². The van der Waals surface area contributed by atoms with Gasteiger partial charge in [-0.25, -0.2) is 8.42 Å². The molecule has 1 N–H and O–H groups in total. The molecule has 0 bridgehead atoms. The molecule has 1 aromatic heterocycles. The average molecular weight is 862 g/mol. The number of carbonyl (C=O) groups is 4. The maximum Gasteiger partial charge on any atom is 0.297 e. The van der Waals surface area contributed by atoms with E-state index in [9.17, 15) is 27.6 Å². The van der Waals surface area contributed by atoms with E-state index in [2.05, 4.69) is 10.8 Å². The van der Waals surface area contributed by atoms with Gasteiger partial charge in [-0.1, -0.05) is 79.6 Å². The Morgan fingerprint density at radius 2 is 1.74 bits per heavy atom. The Hall–Kier alpha value is -5.30. The molecule has 2 aliphatic heterocycles. The monoisotopic (exact) mass is 861 g/mol. The number of rotatable bonds is 10. The van der Waals surface area contributed by atoms with Crippen molar-refractivity contribution in [2.45, 2.75) is 114 Å². The highest BCUT2D eigenvalue weighted by molar-refractivity contribution is 7.91. The Morgan fingerprint density at radius 3 is 2.47 bits per heavy atom. The summed E-state index contributed by atoms with van der Waals surface area (Å²) in [6.07, 6.45) is 9.46. The van der Waals surface area contributed by atoms with Gasteiger partial charge in [0.1, 0.15) is 11.6 Å². The zero-order chi connectivity index (χ0) is 44.0. The fourth-order valence-electron chi connectivity index (χ4n) is 9.46. The molecule has 2 saturated carbocycles. The number of imidazole rings is 1. The summed E-state index contributed by atoms with van der Waals surface area (Å²) in [5.74, 6) is -1.79. The van der Waals surface area contributed by atoms with E-state index >= 15 is 0 Å². The molecule has 12 nitrogen and oxygen atoms in total. The third-order valence-corrected chi connectivity index (χ3v) is 15.8. The molecule has 0 radical (unpaired) electrons. The van der Waals surface area contributed by atoms with Crippen LogP contribution in [0.2, 0.25) is 0 Å². The van der Waals surface area contributed by atoms with Crippen LogP contribution in [-0.4, -0.2) is 88.8 Å². The molecule has 328 valence electrons. The van der Waals surface area contributed by atoms with Crippen LogP contribution < -0.4 is 9.46 Å². The van der Waals surface area contributed by atoms with E-state index in [1.807, 2.05) is 91.2 Å². The molecule has 3 amide bonds. The Morgan fingerprint density at radius 1 is 0.984 bits per heavy atom. The van der Waals surface area contributed by atoms with E-state index in [4.69, 9.17) is 9.72 Å². The molecule has 0 spiro atoms. The van der Waals surface area contributed by atoms with Crippen molar-refractivity contribution in [3.8, 4) is 17.1 Å². The second-order valence-electron chi connectivity index (χ2n) is 18.7. The number of hydrogen-bond acceptors (Lipinski definition) is 8. The van der Waals surface area contributed by atoms with Gasteiger partial charge in [0.15, 0.2) is 5.78 Å².